The summed E-state index contributed by atoms with van der Waals surface area (Å²) in [4.78, 5) is 15.7. The van der Waals surface area contributed by atoms with Gasteiger partial charge in [0.15, 0.2) is 0 Å². The molecule has 7 heteroatoms. The molecular formula is C15H21Cl3N2OS. The highest BCUT2D eigenvalue weighted by Crippen LogP contribution is 2.32. The zero-order valence-corrected chi connectivity index (χ0v) is 15.8. The van der Waals surface area contributed by atoms with Crippen molar-refractivity contribution in [3.8, 4) is 0 Å². The number of carbonyl (C=O) groups excluding carboxylic acids is 1. The van der Waals surface area contributed by atoms with E-state index in [1.807, 2.05) is 17.2 Å². The number of rotatable bonds is 5. The number of benzene rings is 1. The molecule has 1 unspecified atom stereocenters. The summed E-state index contributed by atoms with van der Waals surface area (Å²) in [5, 5.41) is 4.33. The van der Waals surface area contributed by atoms with Crippen LogP contribution in [-0.4, -0.2) is 42.7 Å². The fourth-order valence-electron chi connectivity index (χ4n) is 2.60. The third-order valence-electron chi connectivity index (χ3n) is 3.67. The molecule has 1 aromatic carbocycles. The van der Waals surface area contributed by atoms with Crippen LogP contribution in [0.1, 0.15) is 30.1 Å². The molecule has 1 aliphatic heterocycles. The fourth-order valence-corrected chi connectivity index (χ4v) is 3.79. The molecular weight excluding hydrogens is 363 g/mol. The van der Waals surface area contributed by atoms with Gasteiger partial charge in [0.05, 0.1) is 15.6 Å². The van der Waals surface area contributed by atoms with E-state index >= 15 is 0 Å². The molecule has 3 nitrogen and oxygen atoms in total. The van der Waals surface area contributed by atoms with Crippen molar-refractivity contribution in [1.29, 1.82) is 0 Å². The molecule has 1 saturated heterocycles. The Balaban J connectivity index is 0.00000242. The second-order valence-electron chi connectivity index (χ2n) is 5.11. The lowest BCUT2D eigenvalue weighted by Crippen LogP contribution is -2.42. The maximum atomic E-state index is 12.9. The Kier molecular flexibility index (Phi) is 8.36. The zero-order chi connectivity index (χ0) is 15.4. The molecule has 1 heterocycles. The molecule has 22 heavy (non-hydrogen) atoms. The van der Waals surface area contributed by atoms with Gasteiger partial charge in [-0.15, -0.1) is 24.2 Å². The van der Waals surface area contributed by atoms with Gasteiger partial charge in [0, 0.05) is 24.0 Å². The molecule has 0 bridgehead atoms. The molecule has 0 aliphatic carbocycles. The van der Waals surface area contributed by atoms with Crippen LogP contribution in [0.2, 0.25) is 10.0 Å². The summed E-state index contributed by atoms with van der Waals surface area (Å²) in [7, 11) is 0. The molecule has 0 spiro atoms. The Hall–Kier alpha value is -0.130. The summed E-state index contributed by atoms with van der Waals surface area (Å²) in [5.41, 5.74) is 0.547. The van der Waals surface area contributed by atoms with Gasteiger partial charge in [0.25, 0.3) is 5.91 Å². The Morgan fingerprint density at radius 1 is 1.41 bits per heavy atom. The van der Waals surface area contributed by atoms with Crippen LogP contribution in [0.25, 0.3) is 0 Å². The minimum atomic E-state index is 0. The molecule has 2 rings (SSSR count). The Morgan fingerprint density at radius 2 is 2.14 bits per heavy atom. The molecule has 1 aliphatic rings. The molecule has 1 atom stereocenters. The summed E-state index contributed by atoms with van der Waals surface area (Å²) in [6, 6.07) is 3.73. The van der Waals surface area contributed by atoms with E-state index in [0.717, 1.165) is 37.4 Å². The van der Waals surface area contributed by atoms with Crippen LogP contribution in [0.5, 0.6) is 0 Å². The van der Waals surface area contributed by atoms with Crippen molar-refractivity contribution in [3.63, 3.8) is 0 Å². The number of hydrogen-bond acceptors (Lipinski definition) is 3. The third kappa shape index (κ3) is 4.45. The number of thioether (sulfide) groups is 1. The van der Waals surface area contributed by atoms with Gasteiger partial charge in [-0.05, 0) is 37.8 Å². The van der Waals surface area contributed by atoms with Gasteiger partial charge >= 0.3 is 0 Å². The SMILES string of the molecule is CCCN(C(=O)c1cc(SC)c(Cl)cc1Cl)C1CCNC1.Cl. The maximum Gasteiger partial charge on any atom is 0.255 e. The van der Waals surface area contributed by atoms with Gasteiger partial charge in [-0.2, -0.15) is 0 Å². The second-order valence-corrected chi connectivity index (χ2v) is 6.77. The maximum absolute atomic E-state index is 12.9. The van der Waals surface area contributed by atoms with Crippen LogP contribution in [0, 0.1) is 0 Å². The van der Waals surface area contributed by atoms with Gasteiger partial charge < -0.3 is 10.2 Å². The van der Waals surface area contributed by atoms with Gasteiger partial charge in [0.1, 0.15) is 0 Å². The fraction of sp³-hybridized carbons (Fsp3) is 0.533. The summed E-state index contributed by atoms with van der Waals surface area (Å²) in [6.07, 6.45) is 3.86. The topological polar surface area (TPSA) is 32.3 Å². The van der Waals surface area contributed by atoms with Crippen molar-refractivity contribution < 1.29 is 4.79 Å². The van der Waals surface area contributed by atoms with Gasteiger partial charge in [-0.25, -0.2) is 0 Å². The standard InChI is InChI=1S/C15H20Cl2N2OS.ClH/c1-3-6-19(10-4-5-18-9-10)15(20)11-7-14(21-2)13(17)8-12(11)16;/h7-8,10,18H,3-6,9H2,1-2H3;1H. The van der Waals surface area contributed by atoms with Gasteiger partial charge in [-0.3, -0.25) is 4.79 Å². The first-order valence-corrected chi connectivity index (χ1v) is 9.11. The van der Waals surface area contributed by atoms with E-state index in [1.165, 1.54) is 11.8 Å². The summed E-state index contributed by atoms with van der Waals surface area (Å²) in [5.74, 6) is 0.00233. The number of nitrogens with zero attached hydrogens (tertiary/aromatic N) is 1. The lowest BCUT2D eigenvalue weighted by molar-refractivity contribution is 0.0692. The van der Waals surface area contributed by atoms with Crippen molar-refractivity contribution in [3.05, 3.63) is 27.7 Å². The van der Waals surface area contributed by atoms with Crippen LogP contribution in [0.3, 0.4) is 0 Å². The average molecular weight is 384 g/mol. The quantitative estimate of drug-likeness (QED) is 0.767. The molecule has 0 aromatic heterocycles. The molecule has 1 N–H and O–H groups in total. The van der Waals surface area contributed by atoms with Crippen molar-refractivity contribution in [2.45, 2.75) is 30.7 Å². The normalized spacial score (nSPS) is 17.2. The lowest BCUT2D eigenvalue weighted by atomic mass is 10.1. The second kappa shape index (κ2) is 9.24. The predicted molar refractivity (Wildman–Crippen MR) is 98.1 cm³/mol. The van der Waals surface area contributed by atoms with E-state index in [0.29, 0.717) is 15.6 Å². The van der Waals surface area contributed by atoms with Crippen LogP contribution >= 0.6 is 47.4 Å². The highest BCUT2D eigenvalue weighted by atomic mass is 35.5. The average Bonchev–Trinajstić information content (AvgIpc) is 2.98. The first-order valence-electron chi connectivity index (χ1n) is 7.13. The Labute approximate surface area is 152 Å². The van der Waals surface area contributed by atoms with E-state index < -0.39 is 0 Å². The van der Waals surface area contributed by atoms with Crippen molar-refractivity contribution >= 4 is 53.3 Å². The van der Waals surface area contributed by atoms with E-state index in [4.69, 9.17) is 23.2 Å². The van der Waals surface area contributed by atoms with E-state index in [1.54, 1.807) is 6.07 Å². The summed E-state index contributed by atoms with van der Waals surface area (Å²) >= 11 is 13.9. The molecule has 0 radical (unpaired) electrons. The first kappa shape index (κ1) is 19.9. The van der Waals surface area contributed by atoms with Crippen LogP contribution in [-0.2, 0) is 0 Å². The molecule has 0 saturated carbocycles. The lowest BCUT2D eigenvalue weighted by Gasteiger charge is -2.28. The number of hydrogen-bond donors (Lipinski definition) is 1. The number of amides is 1. The monoisotopic (exact) mass is 382 g/mol. The smallest absolute Gasteiger partial charge is 0.255 e. The Bertz CT molecular complexity index is 522. The van der Waals surface area contributed by atoms with Crippen LogP contribution < -0.4 is 5.32 Å². The van der Waals surface area contributed by atoms with Crippen LogP contribution in [0.15, 0.2) is 17.0 Å². The van der Waals surface area contributed by atoms with E-state index in [-0.39, 0.29) is 24.4 Å². The van der Waals surface area contributed by atoms with Crippen molar-refractivity contribution in [1.82, 2.24) is 10.2 Å². The molecule has 124 valence electrons. The summed E-state index contributed by atoms with van der Waals surface area (Å²) in [6.45, 7) is 4.65. The van der Waals surface area contributed by atoms with E-state index in [9.17, 15) is 4.79 Å². The Morgan fingerprint density at radius 3 is 2.68 bits per heavy atom. The van der Waals surface area contributed by atoms with Crippen LogP contribution in [0.4, 0.5) is 0 Å². The first-order chi connectivity index (χ1) is 10.1. The molecule has 1 aromatic rings. The van der Waals surface area contributed by atoms with Crippen molar-refractivity contribution in [2.24, 2.45) is 0 Å². The largest absolute Gasteiger partial charge is 0.334 e. The number of carbonyl (C=O) groups is 1. The highest BCUT2D eigenvalue weighted by molar-refractivity contribution is 7.98. The number of nitrogens with one attached hydrogen (secondary N) is 1. The van der Waals surface area contributed by atoms with Gasteiger partial charge in [-0.1, -0.05) is 30.1 Å². The van der Waals surface area contributed by atoms with Crippen molar-refractivity contribution in [2.75, 3.05) is 25.9 Å². The van der Waals surface area contributed by atoms with E-state index in [2.05, 4.69) is 12.2 Å². The highest BCUT2D eigenvalue weighted by Gasteiger charge is 2.28. The molecule has 1 amide bonds. The third-order valence-corrected chi connectivity index (χ3v) is 5.19. The minimum Gasteiger partial charge on any atom is -0.334 e. The summed E-state index contributed by atoms with van der Waals surface area (Å²) < 4.78 is 0. The molecule has 1 fully saturated rings. The number of halogens is 3. The minimum absolute atomic E-state index is 0. The zero-order valence-electron chi connectivity index (χ0n) is 12.7. The predicted octanol–water partition coefficient (Wildman–Crippen LogP) is 4.35. The van der Waals surface area contributed by atoms with Gasteiger partial charge in [0.2, 0.25) is 0 Å².